The van der Waals surface area contributed by atoms with Crippen molar-refractivity contribution in [3.8, 4) is 0 Å². The number of nitrogens with zero attached hydrogens (tertiary/aromatic N) is 1. The summed E-state index contributed by atoms with van der Waals surface area (Å²) < 4.78 is 5.64. The second-order valence-corrected chi connectivity index (χ2v) is 6.42. The van der Waals surface area contributed by atoms with E-state index in [9.17, 15) is 9.59 Å². The molecule has 0 N–H and O–H groups in total. The summed E-state index contributed by atoms with van der Waals surface area (Å²) in [7, 11) is 0. The van der Waals surface area contributed by atoms with Crippen LogP contribution >= 0.6 is 0 Å². The van der Waals surface area contributed by atoms with Gasteiger partial charge in [0, 0.05) is 18.2 Å². The van der Waals surface area contributed by atoms with Crippen LogP contribution in [-0.2, 0) is 14.9 Å². The fourth-order valence-corrected chi connectivity index (χ4v) is 3.34. The summed E-state index contributed by atoms with van der Waals surface area (Å²) in [5.41, 5.74) is 0.707. The molecule has 2 atom stereocenters. The lowest BCUT2D eigenvalue weighted by atomic mass is 9.72. The maximum atomic E-state index is 13.1. The summed E-state index contributed by atoms with van der Waals surface area (Å²) in [5.74, 6) is -0.324. The van der Waals surface area contributed by atoms with Gasteiger partial charge in [-0.3, -0.25) is 14.5 Å². The average molecular weight is 303 g/mol. The minimum Gasteiger partial charge on any atom is -0.379 e. The predicted molar refractivity (Wildman–Crippen MR) is 85.8 cm³/mol. The summed E-state index contributed by atoms with van der Waals surface area (Å²) >= 11 is 0. The van der Waals surface area contributed by atoms with Gasteiger partial charge in [0.25, 0.3) is 5.91 Å². The van der Waals surface area contributed by atoms with Gasteiger partial charge in [0.05, 0.1) is 11.5 Å². The highest BCUT2D eigenvalue weighted by Crippen LogP contribution is 2.39. The SMILES string of the molecule is CCOC(C)CC1(C)C(=O)N(C(C)C)C(=O)c2ccccc21. The first-order valence-electron chi connectivity index (χ1n) is 7.92. The Morgan fingerprint density at radius 2 is 1.82 bits per heavy atom. The van der Waals surface area contributed by atoms with Crippen molar-refractivity contribution in [1.82, 2.24) is 4.90 Å². The van der Waals surface area contributed by atoms with Crippen molar-refractivity contribution in [2.75, 3.05) is 6.61 Å². The third-order valence-corrected chi connectivity index (χ3v) is 4.32. The molecule has 4 heteroatoms. The Morgan fingerprint density at radius 3 is 2.41 bits per heavy atom. The second-order valence-electron chi connectivity index (χ2n) is 6.42. The van der Waals surface area contributed by atoms with Crippen LogP contribution in [-0.4, -0.2) is 35.5 Å². The lowest BCUT2D eigenvalue weighted by Gasteiger charge is -2.42. The number of carbonyl (C=O) groups excluding carboxylic acids is 2. The van der Waals surface area contributed by atoms with Crippen LogP contribution in [0.25, 0.3) is 0 Å². The van der Waals surface area contributed by atoms with Crippen molar-refractivity contribution >= 4 is 11.8 Å². The van der Waals surface area contributed by atoms with Crippen LogP contribution in [0.3, 0.4) is 0 Å². The second kappa shape index (κ2) is 6.21. The molecule has 1 aromatic carbocycles. The van der Waals surface area contributed by atoms with Crippen molar-refractivity contribution in [2.24, 2.45) is 0 Å². The van der Waals surface area contributed by atoms with Crippen LogP contribution in [0, 0.1) is 0 Å². The number of benzene rings is 1. The molecule has 1 aromatic rings. The van der Waals surface area contributed by atoms with E-state index in [-0.39, 0.29) is 24.0 Å². The fraction of sp³-hybridized carbons (Fsp3) is 0.556. The summed E-state index contributed by atoms with van der Waals surface area (Å²) in [6.45, 7) is 10.2. The molecular weight excluding hydrogens is 278 g/mol. The number of rotatable bonds is 5. The molecule has 0 aliphatic carbocycles. The topological polar surface area (TPSA) is 46.6 Å². The lowest BCUT2D eigenvalue weighted by Crippen LogP contribution is -2.56. The summed E-state index contributed by atoms with van der Waals surface area (Å²) in [6.07, 6.45) is 0.516. The molecule has 120 valence electrons. The van der Waals surface area contributed by atoms with E-state index in [1.54, 1.807) is 0 Å². The highest BCUT2D eigenvalue weighted by atomic mass is 16.5. The van der Waals surface area contributed by atoms with E-state index in [1.807, 2.05) is 58.9 Å². The first kappa shape index (κ1) is 16.7. The smallest absolute Gasteiger partial charge is 0.261 e. The third-order valence-electron chi connectivity index (χ3n) is 4.32. The van der Waals surface area contributed by atoms with Crippen molar-refractivity contribution < 1.29 is 14.3 Å². The molecule has 2 unspecified atom stereocenters. The number of amides is 2. The summed E-state index contributed by atoms with van der Waals surface area (Å²) in [5, 5.41) is 0. The van der Waals surface area contributed by atoms with E-state index < -0.39 is 5.41 Å². The monoisotopic (exact) mass is 303 g/mol. The molecule has 0 spiro atoms. The Bertz CT molecular complexity index is 581. The molecule has 0 aromatic heterocycles. The molecule has 4 nitrogen and oxygen atoms in total. The standard InChI is InChI=1S/C18H25NO3/c1-6-22-13(4)11-18(5)15-10-8-7-9-14(15)16(20)19(12(2)3)17(18)21/h7-10,12-13H,6,11H2,1-5H3. The van der Waals surface area contributed by atoms with Crippen LogP contribution in [0.2, 0.25) is 0 Å². The van der Waals surface area contributed by atoms with Crippen molar-refractivity contribution in [3.63, 3.8) is 0 Å². The number of hydrogen-bond acceptors (Lipinski definition) is 3. The van der Waals surface area contributed by atoms with Gasteiger partial charge < -0.3 is 4.74 Å². The van der Waals surface area contributed by atoms with E-state index in [4.69, 9.17) is 4.74 Å². The van der Waals surface area contributed by atoms with E-state index in [0.29, 0.717) is 18.6 Å². The van der Waals surface area contributed by atoms with Gasteiger partial charge in [0.15, 0.2) is 0 Å². The van der Waals surface area contributed by atoms with Crippen LogP contribution in [0.15, 0.2) is 24.3 Å². The molecule has 0 fully saturated rings. The van der Waals surface area contributed by atoms with Crippen molar-refractivity contribution in [3.05, 3.63) is 35.4 Å². The molecule has 22 heavy (non-hydrogen) atoms. The summed E-state index contributed by atoms with van der Waals surface area (Å²) in [6, 6.07) is 7.27. The lowest BCUT2D eigenvalue weighted by molar-refractivity contribution is -0.138. The van der Waals surface area contributed by atoms with E-state index in [0.717, 1.165) is 5.56 Å². The molecule has 1 heterocycles. The average Bonchev–Trinajstić information content (AvgIpc) is 2.45. The maximum absolute atomic E-state index is 13.1. The number of fused-ring (bicyclic) bond motifs is 1. The van der Waals surface area contributed by atoms with Crippen LogP contribution < -0.4 is 0 Å². The largest absolute Gasteiger partial charge is 0.379 e. The number of ether oxygens (including phenoxy) is 1. The Labute approximate surface area is 132 Å². The highest BCUT2D eigenvalue weighted by molar-refractivity contribution is 6.13. The van der Waals surface area contributed by atoms with E-state index in [1.165, 1.54) is 4.90 Å². The van der Waals surface area contributed by atoms with E-state index in [2.05, 4.69) is 0 Å². The fourth-order valence-electron chi connectivity index (χ4n) is 3.34. The molecule has 2 amide bonds. The number of imide groups is 1. The highest BCUT2D eigenvalue weighted by Gasteiger charge is 2.48. The quantitative estimate of drug-likeness (QED) is 0.785. The first-order chi connectivity index (χ1) is 10.3. The predicted octanol–water partition coefficient (Wildman–Crippen LogP) is 3.15. The Balaban J connectivity index is 2.53. The number of carbonyl (C=O) groups is 2. The van der Waals surface area contributed by atoms with Gasteiger partial charge >= 0.3 is 0 Å². The molecule has 0 bridgehead atoms. The van der Waals surface area contributed by atoms with Gasteiger partial charge in [-0.05, 0) is 52.7 Å². The van der Waals surface area contributed by atoms with Crippen molar-refractivity contribution in [1.29, 1.82) is 0 Å². The molecule has 0 saturated heterocycles. The zero-order valence-electron chi connectivity index (χ0n) is 14.1. The maximum Gasteiger partial charge on any atom is 0.261 e. The van der Waals surface area contributed by atoms with E-state index >= 15 is 0 Å². The molecule has 1 aliphatic rings. The van der Waals surface area contributed by atoms with Gasteiger partial charge in [-0.1, -0.05) is 18.2 Å². The summed E-state index contributed by atoms with van der Waals surface area (Å²) in [4.78, 5) is 27.1. The van der Waals surface area contributed by atoms with Crippen LogP contribution in [0.4, 0.5) is 0 Å². The van der Waals surface area contributed by atoms with Crippen LogP contribution in [0.1, 0.15) is 57.0 Å². The first-order valence-corrected chi connectivity index (χ1v) is 7.92. The molecule has 2 rings (SSSR count). The Morgan fingerprint density at radius 1 is 1.18 bits per heavy atom. The van der Waals surface area contributed by atoms with Gasteiger partial charge in [-0.15, -0.1) is 0 Å². The minimum absolute atomic E-state index is 0.0470. The zero-order chi connectivity index (χ0) is 16.5. The van der Waals surface area contributed by atoms with Gasteiger partial charge in [0.2, 0.25) is 5.91 Å². The third kappa shape index (κ3) is 2.68. The van der Waals surface area contributed by atoms with Gasteiger partial charge in [-0.2, -0.15) is 0 Å². The molecule has 0 saturated carbocycles. The molecule has 0 radical (unpaired) electrons. The normalized spacial score (nSPS) is 22.9. The Hall–Kier alpha value is -1.68. The van der Waals surface area contributed by atoms with Gasteiger partial charge in [0.1, 0.15) is 0 Å². The Kier molecular flexibility index (Phi) is 4.71. The van der Waals surface area contributed by atoms with Gasteiger partial charge in [-0.25, -0.2) is 0 Å². The molecule has 1 aliphatic heterocycles. The van der Waals surface area contributed by atoms with Crippen LogP contribution in [0.5, 0.6) is 0 Å². The zero-order valence-corrected chi connectivity index (χ0v) is 14.1. The number of hydrogen-bond donors (Lipinski definition) is 0. The van der Waals surface area contributed by atoms with Crippen molar-refractivity contribution in [2.45, 2.75) is 58.6 Å². The molecular formula is C18H25NO3. The minimum atomic E-state index is -0.733.